The van der Waals surface area contributed by atoms with E-state index in [1.54, 1.807) is 0 Å². The molecule has 0 aromatic carbocycles. The molecule has 1 saturated heterocycles. The van der Waals surface area contributed by atoms with Gasteiger partial charge in [0.2, 0.25) is 5.89 Å². The van der Waals surface area contributed by atoms with E-state index in [1.165, 1.54) is 4.90 Å². The molecule has 9 heteroatoms. The lowest BCUT2D eigenvalue weighted by Crippen LogP contribution is -2.48. The highest BCUT2D eigenvalue weighted by Gasteiger charge is 2.42. The van der Waals surface area contributed by atoms with Crippen LogP contribution in [-0.2, 0) is 6.42 Å². The number of halogens is 3. The number of hydrogen-bond acceptors (Lipinski definition) is 4. The third kappa shape index (κ3) is 4.84. The van der Waals surface area contributed by atoms with Crippen LogP contribution in [0.25, 0.3) is 0 Å². The number of piperidine rings is 1. The molecule has 23 heavy (non-hydrogen) atoms. The van der Waals surface area contributed by atoms with Gasteiger partial charge in [-0.2, -0.15) is 18.2 Å². The van der Waals surface area contributed by atoms with Gasteiger partial charge < -0.3 is 14.7 Å². The second-order valence-corrected chi connectivity index (χ2v) is 6.01. The summed E-state index contributed by atoms with van der Waals surface area (Å²) in [5, 5.41) is 6.41. The average molecular weight is 334 g/mol. The Morgan fingerprint density at radius 1 is 1.48 bits per heavy atom. The fourth-order valence-electron chi connectivity index (χ4n) is 2.42. The fourth-order valence-corrected chi connectivity index (χ4v) is 2.42. The number of amides is 2. The van der Waals surface area contributed by atoms with E-state index in [0.717, 1.165) is 0 Å². The van der Waals surface area contributed by atoms with Crippen LogP contribution in [0.4, 0.5) is 18.0 Å². The molecule has 1 aromatic rings. The molecule has 130 valence electrons. The molecule has 0 bridgehead atoms. The maximum absolute atomic E-state index is 12.7. The van der Waals surface area contributed by atoms with Gasteiger partial charge in [0, 0.05) is 32.0 Å². The molecule has 0 saturated carbocycles. The van der Waals surface area contributed by atoms with Gasteiger partial charge in [-0.25, -0.2) is 4.79 Å². The molecule has 2 heterocycles. The Labute approximate surface area is 132 Å². The number of hydrogen-bond donors (Lipinski definition) is 1. The normalized spacial score (nSPS) is 19.2. The van der Waals surface area contributed by atoms with Gasteiger partial charge in [-0.3, -0.25) is 0 Å². The van der Waals surface area contributed by atoms with Gasteiger partial charge >= 0.3 is 12.2 Å². The number of likely N-dealkylation sites (tertiary alicyclic amines) is 1. The van der Waals surface area contributed by atoms with E-state index < -0.39 is 18.1 Å². The Morgan fingerprint density at radius 3 is 2.83 bits per heavy atom. The first kappa shape index (κ1) is 17.6. The molecule has 0 radical (unpaired) electrons. The van der Waals surface area contributed by atoms with Crippen molar-refractivity contribution < 1.29 is 22.5 Å². The summed E-state index contributed by atoms with van der Waals surface area (Å²) in [5.74, 6) is -0.294. The molecule has 1 aliphatic rings. The highest BCUT2D eigenvalue weighted by Crippen LogP contribution is 2.33. The molecule has 0 aliphatic carbocycles. The first-order valence-electron chi connectivity index (χ1n) is 7.69. The van der Waals surface area contributed by atoms with Gasteiger partial charge in [-0.05, 0) is 12.8 Å². The topological polar surface area (TPSA) is 71.3 Å². The lowest BCUT2D eigenvalue weighted by atomic mass is 9.98. The molecular weight excluding hydrogens is 313 g/mol. The lowest BCUT2D eigenvalue weighted by molar-refractivity contribution is -0.183. The summed E-state index contributed by atoms with van der Waals surface area (Å²) in [4.78, 5) is 17.3. The van der Waals surface area contributed by atoms with Crippen LogP contribution < -0.4 is 5.32 Å². The monoisotopic (exact) mass is 334 g/mol. The predicted octanol–water partition coefficient (Wildman–Crippen LogP) is 2.72. The zero-order valence-electron chi connectivity index (χ0n) is 13.2. The fraction of sp³-hybridized carbons (Fsp3) is 0.786. The number of rotatable bonds is 4. The summed E-state index contributed by atoms with van der Waals surface area (Å²) in [7, 11) is 0. The minimum Gasteiger partial charge on any atom is -0.339 e. The van der Waals surface area contributed by atoms with Crippen molar-refractivity contribution in [1.29, 1.82) is 0 Å². The van der Waals surface area contributed by atoms with E-state index in [2.05, 4.69) is 15.5 Å². The predicted molar refractivity (Wildman–Crippen MR) is 75.8 cm³/mol. The highest BCUT2D eigenvalue weighted by molar-refractivity contribution is 5.74. The Balaban J connectivity index is 1.78. The van der Waals surface area contributed by atoms with E-state index >= 15 is 0 Å². The summed E-state index contributed by atoms with van der Waals surface area (Å²) < 4.78 is 43.2. The van der Waals surface area contributed by atoms with Crippen LogP contribution in [0.5, 0.6) is 0 Å². The van der Waals surface area contributed by atoms with E-state index in [0.29, 0.717) is 31.1 Å². The molecule has 1 aromatic heterocycles. The molecule has 2 rings (SSSR count). The van der Waals surface area contributed by atoms with Crippen molar-refractivity contribution in [3.63, 3.8) is 0 Å². The van der Waals surface area contributed by atoms with E-state index in [9.17, 15) is 18.0 Å². The van der Waals surface area contributed by atoms with Gasteiger partial charge in [0.05, 0.1) is 5.92 Å². The summed E-state index contributed by atoms with van der Waals surface area (Å²) in [6.07, 6.45) is -3.47. The largest absolute Gasteiger partial charge is 0.393 e. The molecule has 1 unspecified atom stereocenters. The van der Waals surface area contributed by atoms with Crippen LogP contribution >= 0.6 is 0 Å². The first-order chi connectivity index (χ1) is 10.8. The smallest absolute Gasteiger partial charge is 0.339 e. The van der Waals surface area contributed by atoms with Gasteiger partial charge in [-0.15, -0.1) is 0 Å². The minimum absolute atomic E-state index is 0.0766. The van der Waals surface area contributed by atoms with Gasteiger partial charge in [0.1, 0.15) is 0 Å². The summed E-state index contributed by atoms with van der Waals surface area (Å²) in [6.45, 7) is 4.17. The highest BCUT2D eigenvalue weighted by atomic mass is 19.4. The van der Waals surface area contributed by atoms with Gasteiger partial charge in [0.15, 0.2) is 5.82 Å². The van der Waals surface area contributed by atoms with Crippen LogP contribution in [0, 0.1) is 5.92 Å². The molecule has 1 atom stereocenters. The molecule has 2 amide bonds. The van der Waals surface area contributed by atoms with Crippen molar-refractivity contribution in [3.8, 4) is 0 Å². The third-order valence-electron chi connectivity index (χ3n) is 3.79. The van der Waals surface area contributed by atoms with Crippen LogP contribution in [0.1, 0.15) is 44.3 Å². The van der Waals surface area contributed by atoms with Crippen LogP contribution in [0.3, 0.4) is 0 Å². The lowest BCUT2D eigenvalue weighted by Gasteiger charge is -2.33. The Bertz CT molecular complexity index is 530. The van der Waals surface area contributed by atoms with E-state index in [1.807, 2.05) is 13.8 Å². The summed E-state index contributed by atoms with van der Waals surface area (Å²) in [6, 6.07) is -0.484. The van der Waals surface area contributed by atoms with Crippen molar-refractivity contribution in [2.75, 3.05) is 19.6 Å². The van der Waals surface area contributed by atoms with E-state index in [4.69, 9.17) is 4.52 Å². The third-order valence-corrected chi connectivity index (χ3v) is 3.79. The zero-order valence-corrected chi connectivity index (χ0v) is 13.2. The Morgan fingerprint density at radius 2 is 2.22 bits per heavy atom. The average Bonchev–Trinajstić information content (AvgIpc) is 2.95. The zero-order chi connectivity index (χ0) is 17.0. The molecule has 1 fully saturated rings. The maximum atomic E-state index is 12.7. The van der Waals surface area contributed by atoms with Crippen molar-refractivity contribution in [3.05, 3.63) is 11.7 Å². The molecular formula is C14H21F3N4O2. The summed E-state index contributed by atoms with van der Waals surface area (Å²) >= 11 is 0. The number of carbonyl (C=O) groups is 1. The van der Waals surface area contributed by atoms with Crippen molar-refractivity contribution in [1.82, 2.24) is 20.4 Å². The Kier molecular flexibility index (Phi) is 5.48. The molecule has 1 aliphatic heterocycles. The number of urea groups is 1. The number of nitrogens with zero attached hydrogens (tertiary/aromatic N) is 3. The van der Waals surface area contributed by atoms with Crippen LogP contribution in [-0.4, -0.2) is 46.9 Å². The number of alkyl halides is 3. The van der Waals surface area contributed by atoms with Crippen LogP contribution in [0.15, 0.2) is 4.52 Å². The standard InChI is InChI=1S/C14H21F3N4O2/c1-9(2)12-19-11(23-20-12)5-6-18-13(22)21-7-3-4-10(8-21)14(15,16)17/h9-10H,3-8H2,1-2H3,(H,18,22). The van der Waals surface area contributed by atoms with E-state index in [-0.39, 0.29) is 25.4 Å². The van der Waals surface area contributed by atoms with Gasteiger partial charge in [0.25, 0.3) is 0 Å². The number of aromatic nitrogens is 2. The first-order valence-corrected chi connectivity index (χ1v) is 7.69. The second-order valence-electron chi connectivity index (χ2n) is 6.01. The van der Waals surface area contributed by atoms with Crippen LogP contribution in [0.2, 0.25) is 0 Å². The van der Waals surface area contributed by atoms with Crippen molar-refractivity contribution in [2.24, 2.45) is 5.92 Å². The second kappa shape index (κ2) is 7.18. The molecule has 6 nitrogen and oxygen atoms in total. The summed E-state index contributed by atoms with van der Waals surface area (Å²) in [5.41, 5.74) is 0. The SMILES string of the molecule is CC(C)c1noc(CCNC(=O)N2CCCC(C(F)(F)F)C2)n1. The molecule has 1 N–H and O–H groups in total. The minimum atomic E-state index is -4.25. The van der Waals surface area contributed by atoms with Gasteiger partial charge in [-0.1, -0.05) is 19.0 Å². The van der Waals surface area contributed by atoms with Crippen molar-refractivity contribution >= 4 is 6.03 Å². The molecule has 0 spiro atoms. The maximum Gasteiger partial charge on any atom is 0.393 e. The number of carbonyl (C=O) groups excluding carboxylic acids is 1. The number of nitrogens with one attached hydrogen (secondary N) is 1. The Hall–Kier alpha value is -1.80. The quantitative estimate of drug-likeness (QED) is 0.919. The van der Waals surface area contributed by atoms with Crippen molar-refractivity contribution in [2.45, 2.75) is 45.2 Å².